The van der Waals surface area contributed by atoms with E-state index in [9.17, 15) is 17.6 Å². The second kappa shape index (κ2) is 3.52. The van der Waals surface area contributed by atoms with Gasteiger partial charge in [-0.15, -0.1) is 0 Å². The van der Waals surface area contributed by atoms with E-state index in [0.29, 0.717) is 4.31 Å². The molecular formula is C10H9BrFNO3S. The van der Waals surface area contributed by atoms with Gasteiger partial charge in [0.2, 0.25) is 0 Å². The molecule has 7 heteroatoms. The van der Waals surface area contributed by atoms with Crippen molar-refractivity contribution in [3.63, 3.8) is 0 Å². The Bertz CT molecular complexity index is 612. The molecule has 0 spiro atoms. The monoisotopic (exact) mass is 321 g/mol. The van der Waals surface area contributed by atoms with Gasteiger partial charge < -0.3 is 0 Å². The van der Waals surface area contributed by atoms with E-state index < -0.39 is 26.5 Å². The second-order valence-corrected chi connectivity index (χ2v) is 7.37. The summed E-state index contributed by atoms with van der Waals surface area (Å²) in [6.07, 6.45) is 0. The maximum atomic E-state index is 13.0. The highest BCUT2D eigenvalue weighted by Gasteiger charge is 2.60. The van der Waals surface area contributed by atoms with Crippen LogP contribution in [0.25, 0.3) is 0 Å². The number of carbonyl (C=O) groups is 1. The van der Waals surface area contributed by atoms with Gasteiger partial charge in [0.1, 0.15) is 5.82 Å². The number of hydrogen-bond donors (Lipinski definition) is 0. The van der Waals surface area contributed by atoms with Crippen LogP contribution in [0.4, 0.5) is 10.1 Å². The van der Waals surface area contributed by atoms with E-state index >= 15 is 0 Å². The Labute approximate surface area is 107 Å². The van der Waals surface area contributed by atoms with Crippen molar-refractivity contribution in [2.45, 2.75) is 18.6 Å². The number of rotatable bonds is 1. The summed E-state index contributed by atoms with van der Waals surface area (Å²) in [7, 11) is -3.69. The van der Waals surface area contributed by atoms with Crippen molar-refractivity contribution >= 4 is 37.5 Å². The Kier molecular flexibility index (Phi) is 2.59. The van der Waals surface area contributed by atoms with Crippen LogP contribution >= 0.6 is 15.9 Å². The van der Waals surface area contributed by atoms with Gasteiger partial charge in [-0.1, -0.05) is 0 Å². The van der Waals surface area contributed by atoms with E-state index in [1.54, 1.807) is 0 Å². The minimum Gasteiger partial charge on any atom is -0.272 e. The molecule has 4 nitrogen and oxygen atoms in total. The molecule has 1 aromatic carbocycles. The Morgan fingerprint density at radius 1 is 1.35 bits per heavy atom. The van der Waals surface area contributed by atoms with Crippen LogP contribution in [0, 0.1) is 5.82 Å². The third-order valence-corrected chi connectivity index (χ3v) is 5.65. The molecule has 1 amide bonds. The fourth-order valence-corrected chi connectivity index (χ4v) is 3.36. The first kappa shape index (κ1) is 12.5. The molecule has 0 aromatic heterocycles. The fraction of sp³-hybridized carbons (Fsp3) is 0.300. The summed E-state index contributed by atoms with van der Waals surface area (Å²) in [5.74, 6) is -1.03. The number of anilines is 1. The zero-order valence-corrected chi connectivity index (χ0v) is 11.5. The quantitative estimate of drug-likeness (QED) is 0.795. The van der Waals surface area contributed by atoms with E-state index in [1.807, 2.05) is 0 Å². The zero-order valence-electron chi connectivity index (χ0n) is 9.07. The van der Waals surface area contributed by atoms with Crippen LogP contribution in [0.2, 0.25) is 0 Å². The summed E-state index contributed by atoms with van der Waals surface area (Å²) in [6.45, 7) is 2.69. The predicted molar refractivity (Wildman–Crippen MR) is 64.6 cm³/mol. The average Bonchev–Trinajstić information content (AvgIpc) is 2.23. The molecule has 1 aliphatic rings. The Hall–Kier alpha value is -0.950. The van der Waals surface area contributed by atoms with Crippen LogP contribution in [0.3, 0.4) is 0 Å². The largest absolute Gasteiger partial charge is 0.272 e. The summed E-state index contributed by atoms with van der Waals surface area (Å²) in [5, 5.41) is 0. The normalized spacial score (nSPS) is 21.2. The maximum absolute atomic E-state index is 13.0. The standard InChI is InChI=1S/C10H9BrFNO3S/c1-10(2)9(14)13(17(10,15)16)6-3-4-8(12)7(11)5-6/h3-5H,1-2H3. The van der Waals surface area contributed by atoms with Gasteiger partial charge in [-0.2, -0.15) is 0 Å². The number of amides is 1. The molecule has 1 aromatic rings. The molecule has 0 saturated carbocycles. The molecule has 0 unspecified atom stereocenters. The third kappa shape index (κ3) is 1.52. The lowest BCUT2D eigenvalue weighted by Gasteiger charge is -2.42. The predicted octanol–water partition coefficient (Wildman–Crippen LogP) is 2.04. The molecule has 2 rings (SSSR count). The average molecular weight is 322 g/mol. The van der Waals surface area contributed by atoms with Crippen LogP contribution < -0.4 is 4.31 Å². The van der Waals surface area contributed by atoms with Gasteiger partial charge >= 0.3 is 0 Å². The fourth-order valence-electron chi connectivity index (χ4n) is 1.52. The van der Waals surface area contributed by atoms with Crippen molar-refractivity contribution in [2.24, 2.45) is 0 Å². The molecular weight excluding hydrogens is 313 g/mol. The van der Waals surface area contributed by atoms with Crippen molar-refractivity contribution in [3.8, 4) is 0 Å². The lowest BCUT2D eigenvalue weighted by atomic mass is 10.1. The maximum Gasteiger partial charge on any atom is 0.263 e. The number of carbonyl (C=O) groups excluding carboxylic acids is 1. The van der Waals surface area contributed by atoms with Crippen molar-refractivity contribution in [1.82, 2.24) is 0 Å². The number of benzene rings is 1. The topological polar surface area (TPSA) is 54.5 Å². The van der Waals surface area contributed by atoms with E-state index in [2.05, 4.69) is 15.9 Å². The number of halogens is 2. The van der Waals surface area contributed by atoms with Crippen molar-refractivity contribution in [3.05, 3.63) is 28.5 Å². The highest BCUT2D eigenvalue weighted by atomic mass is 79.9. The SMILES string of the molecule is CC1(C)C(=O)N(c2ccc(F)c(Br)c2)S1(=O)=O. The number of nitrogens with zero attached hydrogens (tertiary/aromatic N) is 1. The molecule has 0 N–H and O–H groups in total. The molecule has 1 saturated heterocycles. The van der Waals surface area contributed by atoms with Crippen molar-refractivity contribution in [2.75, 3.05) is 4.31 Å². The minimum atomic E-state index is -3.69. The number of sulfonamides is 1. The molecule has 92 valence electrons. The first-order valence-corrected chi connectivity index (χ1v) is 6.97. The first-order chi connectivity index (χ1) is 7.69. The Morgan fingerprint density at radius 2 is 1.94 bits per heavy atom. The summed E-state index contributed by atoms with van der Waals surface area (Å²) in [4.78, 5) is 11.7. The van der Waals surface area contributed by atoms with Gasteiger partial charge in [-0.3, -0.25) is 4.79 Å². The molecule has 0 atom stereocenters. The van der Waals surface area contributed by atoms with Crippen LogP contribution in [-0.2, 0) is 14.8 Å². The smallest absolute Gasteiger partial charge is 0.263 e. The zero-order chi connectivity index (χ0) is 13.0. The summed E-state index contributed by atoms with van der Waals surface area (Å²) in [5.41, 5.74) is 0.141. The molecule has 17 heavy (non-hydrogen) atoms. The lowest BCUT2D eigenvalue weighted by Crippen LogP contribution is -2.67. The third-order valence-electron chi connectivity index (χ3n) is 2.72. The minimum absolute atomic E-state index is 0.114. The van der Waals surface area contributed by atoms with Crippen molar-refractivity contribution in [1.29, 1.82) is 0 Å². The molecule has 1 aliphatic heterocycles. The van der Waals surface area contributed by atoms with Gasteiger partial charge in [0.05, 0.1) is 10.2 Å². The van der Waals surface area contributed by atoms with E-state index in [-0.39, 0.29) is 10.2 Å². The van der Waals surface area contributed by atoms with Crippen LogP contribution in [0.5, 0.6) is 0 Å². The van der Waals surface area contributed by atoms with Gasteiger partial charge in [0.25, 0.3) is 15.9 Å². The van der Waals surface area contributed by atoms with Gasteiger partial charge in [0.15, 0.2) is 4.75 Å². The Balaban J connectivity index is 2.51. The van der Waals surface area contributed by atoms with Crippen LogP contribution in [0.1, 0.15) is 13.8 Å². The highest BCUT2D eigenvalue weighted by molar-refractivity contribution is 9.10. The molecule has 0 aliphatic carbocycles. The first-order valence-electron chi connectivity index (χ1n) is 4.74. The van der Waals surface area contributed by atoms with E-state index in [1.165, 1.54) is 26.0 Å². The molecule has 0 bridgehead atoms. The van der Waals surface area contributed by atoms with Crippen LogP contribution in [-0.4, -0.2) is 19.1 Å². The van der Waals surface area contributed by atoms with E-state index in [0.717, 1.165) is 6.07 Å². The lowest BCUT2D eigenvalue weighted by molar-refractivity contribution is -0.120. The van der Waals surface area contributed by atoms with Gasteiger partial charge in [0, 0.05) is 0 Å². The number of hydrogen-bond acceptors (Lipinski definition) is 3. The van der Waals surface area contributed by atoms with E-state index in [4.69, 9.17) is 0 Å². The summed E-state index contributed by atoms with van der Waals surface area (Å²) in [6, 6.07) is 3.62. The molecule has 1 fully saturated rings. The highest BCUT2D eigenvalue weighted by Crippen LogP contribution is 2.39. The molecule has 0 radical (unpaired) electrons. The summed E-state index contributed by atoms with van der Waals surface area (Å²) >= 11 is 2.95. The van der Waals surface area contributed by atoms with Crippen LogP contribution in [0.15, 0.2) is 22.7 Å². The van der Waals surface area contributed by atoms with Crippen molar-refractivity contribution < 1.29 is 17.6 Å². The molecule has 1 heterocycles. The second-order valence-electron chi connectivity index (χ2n) is 4.18. The Morgan fingerprint density at radius 3 is 2.41 bits per heavy atom. The van der Waals surface area contributed by atoms with Gasteiger partial charge in [-0.25, -0.2) is 17.1 Å². The van der Waals surface area contributed by atoms with Gasteiger partial charge in [-0.05, 0) is 48.0 Å². The summed E-state index contributed by atoms with van der Waals surface area (Å²) < 4.78 is 36.2.